The summed E-state index contributed by atoms with van der Waals surface area (Å²) in [5, 5.41) is 0.493. The number of imide groups is 1. The van der Waals surface area contributed by atoms with Crippen molar-refractivity contribution < 1.29 is 19.2 Å². The largest absolute Gasteiger partial charge is 0.380 e. The van der Waals surface area contributed by atoms with Crippen LogP contribution in [0.5, 0.6) is 0 Å². The first-order valence-electron chi connectivity index (χ1n) is 5.93. The van der Waals surface area contributed by atoms with Crippen molar-refractivity contribution in [2.45, 2.75) is 6.92 Å². The first kappa shape index (κ1) is 12.2. The molecule has 0 atom stereocenters. The van der Waals surface area contributed by atoms with Gasteiger partial charge in [0.25, 0.3) is 11.8 Å². The van der Waals surface area contributed by atoms with Gasteiger partial charge in [-0.3, -0.25) is 9.59 Å². The molecule has 1 N–H and O–H groups in total. The lowest BCUT2D eigenvalue weighted by molar-refractivity contribution is -0.0588. The molecule has 6 nitrogen and oxygen atoms in total. The number of H-pyrrole nitrogens is 1. The Hall–Kier alpha value is -2.89. The third-order valence-electron chi connectivity index (χ3n) is 3.09. The van der Waals surface area contributed by atoms with Gasteiger partial charge < -0.3 is 9.82 Å². The first-order valence-corrected chi connectivity index (χ1v) is 5.93. The number of carbonyl (C=O) groups is 3. The maximum Gasteiger partial charge on any atom is 0.380 e. The van der Waals surface area contributed by atoms with Crippen molar-refractivity contribution >= 4 is 17.8 Å². The van der Waals surface area contributed by atoms with Crippen LogP contribution in [0.2, 0.25) is 0 Å². The number of rotatable bonds is 2. The maximum atomic E-state index is 12.0. The van der Waals surface area contributed by atoms with Crippen LogP contribution in [0.1, 0.15) is 36.8 Å². The van der Waals surface area contributed by atoms with Crippen LogP contribution in [0.25, 0.3) is 0 Å². The number of aromatic amines is 1. The van der Waals surface area contributed by atoms with E-state index in [1.165, 1.54) is 12.1 Å². The first-order chi connectivity index (χ1) is 9.59. The lowest BCUT2D eigenvalue weighted by atomic mass is 10.1. The number of carbonyl (C=O) groups excluding carboxylic acids is 3. The monoisotopic (exact) mass is 270 g/mol. The molecule has 1 aliphatic rings. The molecule has 2 heterocycles. The molecule has 1 aromatic heterocycles. The molecule has 0 saturated heterocycles. The van der Waals surface area contributed by atoms with E-state index >= 15 is 0 Å². The molecule has 6 heteroatoms. The number of hydrogen-bond donors (Lipinski definition) is 1. The summed E-state index contributed by atoms with van der Waals surface area (Å²) < 4.78 is 0. The number of fused-ring (bicyclic) bond motifs is 1. The Bertz CT molecular complexity index is 697. The molecule has 1 aromatic carbocycles. The molecule has 2 amide bonds. The summed E-state index contributed by atoms with van der Waals surface area (Å²) in [4.78, 5) is 43.6. The van der Waals surface area contributed by atoms with Gasteiger partial charge in [-0.05, 0) is 30.7 Å². The van der Waals surface area contributed by atoms with Gasteiger partial charge in [-0.1, -0.05) is 17.2 Å². The minimum atomic E-state index is -0.776. The zero-order chi connectivity index (χ0) is 14.3. The van der Waals surface area contributed by atoms with Gasteiger partial charge in [0.2, 0.25) is 0 Å². The van der Waals surface area contributed by atoms with Crippen molar-refractivity contribution in [3.63, 3.8) is 0 Å². The fourth-order valence-corrected chi connectivity index (χ4v) is 2.05. The van der Waals surface area contributed by atoms with E-state index in [0.717, 1.165) is 0 Å². The lowest BCUT2D eigenvalue weighted by Gasteiger charge is -2.12. The summed E-state index contributed by atoms with van der Waals surface area (Å²) in [7, 11) is 0. The summed E-state index contributed by atoms with van der Waals surface area (Å²) >= 11 is 0. The van der Waals surface area contributed by atoms with Gasteiger partial charge in [0.15, 0.2) is 0 Å². The van der Waals surface area contributed by atoms with E-state index in [2.05, 4.69) is 4.98 Å². The summed E-state index contributed by atoms with van der Waals surface area (Å²) in [6, 6.07) is 8.01. The highest BCUT2D eigenvalue weighted by molar-refractivity contribution is 6.21. The van der Waals surface area contributed by atoms with Crippen molar-refractivity contribution in [2.24, 2.45) is 0 Å². The van der Waals surface area contributed by atoms with Crippen LogP contribution < -0.4 is 0 Å². The fourth-order valence-electron chi connectivity index (χ4n) is 2.05. The second-order valence-electron chi connectivity index (χ2n) is 4.36. The van der Waals surface area contributed by atoms with Crippen molar-refractivity contribution in [1.82, 2.24) is 10.0 Å². The van der Waals surface area contributed by atoms with Gasteiger partial charge in [-0.2, -0.15) is 0 Å². The van der Waals surface area contributed by atoms with Gasteiger partial charge in [-0.15, -0.1) is 0 Å². The number of aromatic nitrogens is 1. The molecule has 0 aliphatic carbocycles. The Kier molecular flexibility index (Phi) is 2.64. The van der Waals surface area contributed by atoms with Crippen LogP contribution in [-0.2, 0) is 4.84 Å². The molecule has 0 radical (unpaired) electrons. The quantitative estimate of drug-likeness (QED) is 0.842. The number of hydrogen-bond acceptors (Lipinski definition) is 4. The molecular formula is C14H10N2O4. The SMILES string of the molecule is Cc1cc[nH]c1C(=O)ON1C(=O)c2ccccc2C1=O. The maximum absolute atomic E-state index is 12.0. The van der Waals surface area contributed by atoms with Crippen LogP contribution in [0.4, 0.5) is 0 Å². The highest BCUT2D eigenvalue weighted by Crippen LogP contribution is 2.23. The van der Waals surface area contributed by atoms with E-state index in [1.54, 1.807) is 31.3 Å². The third-order valence-corrected chi connectivity index (χ3v) is 3.09. The molecule has 0 bridgehead atoms. The lowest BCUT2D eigenvalue weighted by Crippen LogP contribution is -2.33. The van der Waals surface area contributed by atoms with Crippen molar-refractivity contribution in [1.29, 1.82) is 0 Å². The summed E-state index contributed by atoms with van der Waals surface area (Å²) in [6.07, 6.45) is 1.58. The third kappa shape index (κ3) is 1.70. The summed E-state index contributed by atoms with van der Waals surface area (Å²) in [6.45, 7) is 1.72. The molecule has 0 unspecified atom stereocenters. The van der Waals surface area contributed by atoms with Crippen LogP contribution in [0.15, 0.2) is 36.5 Å². The van der Waals surface area contributed by atoms with Gasteiger partial charge in [0.05, 0.1) is 11.1 Å². The zero-order valence-corrected chi connectivity index (χ0v) is 10.5. The standard InChI is InChI=1S/C14H10N2O4/c1-8-6-7-15-11(8)14(19)20-16-12(17)9-4-2-3-5-10(9)13(16)18/h2-7,15H,1H3. The van der Waals surface area contributed by atoms with E-state index in [4.69, 9.17) is 4.84 Å². The molecule has 3 rings (SSSR count). The topological polar surface area (TPSA) is 79.5 Å². The number of benzene rings is 1. The van der Waals surface area contributed by atoms with Crippen molar-refractivity contribution in [2.75, 3.05) is 0 Å². The predicted molar refractivity (Wildman–Crippen MR) is 67.9 cm³/mol. The summed E-state index contributed by atoms with van der Waals surface area (Å²) in [5.41, 5.74) is 1.34. The normalized spacial score (nSPS) is 13.6. The van der Waals surface area contributed by atoms with E-state index in [9.17, 15) is 14.4 Å². The van der Waals surface area contributed by atoms with E-state index < -0.39 is 17.8 Å². The zero-order valence-electron chi connectivity index (χ0n) is 10.5. The van der Waals surface area contributed by atoms with E-state index in [1.807, 2.05) is 0 Å². The molecule has 20 heavy (non-hydrogen) atoms. The number of nitrogens with one attached hydrogen (secondary N) is 1. The van der Waals surface area contributed by atoms with Crippen LogP contribution in [0, 0.1) is 6.92 Å². The highest BCUT2D eigenvalue weighted by atomic mass is 16.7. The number of amides is 2. The minimum Gasteiger partial charge on any atom is -0.356 e. The smallest absolute Gasteiger partial charge is 0.356 e. The molecule has 0 fully saturated rings. The van der Waals surface area contributed by atoms with Crippen LogP contribution in [-0.4, -0.2) is 27.8 Å². The molecule has 0 spiro atoms. The minimum absolute atomic E-state index is 0.210. The highest BCUT2D eigenvalue weighted by Gasteiger charge is 2.39. The molecule has 2 aromatic rings. The number of aryl methyl sites for hydroxylation is 1. The molecule has 1 aliphatic heterocycles. The Balaban J connectivity index is 1.87. The average molecular weight is 270 g/mol. The van der Waals surface area contributed by atoms with Gasteiger partial charge >= 0.3 is 5.97 Å². The molecule has 0 saturated carbocycles. The van der Waals surface area contributed by atoms with Gasteiger partial charge in [-0.25, -0.2) is 4.79 Å². The molecular weight excluding hydrogens is 260 g/mol. The molecule has 100 valence electrons. The Morgan fingerprint density at radius 1 is 1.10 bits per heavy atom. The average Bonchev–Trinajstić information content (AvgIpc) is 2.97. The van der Waals surface area contributed by atoms with E-state index in [-0.39, 0.29) is 16.8 Å². The van der Waals surface area contributed by atoms with Gasteiger partial charge in [0, 0.05) is 6.20 Å². The second-order valence-corrected chi connectivity index (χ2v) is 4.36. The Morgan fingerprint density at radius 2 is 1.70 bits per heavy atom. The number of nitrogens with zero attached hydrogens (tertiary/aromatic N) is 1. The number of hydroxylamine groups is 2. The van der Waals surface area contributed by atoms with Crippen molar-refractivity contribution in [3.05, 3.63) is 58.9 Å². The van der Waals surface area contributed by atoms with Crippen LogP contribution in [0.3, 0.4) is 0 Å². The predicted octanol–water partition coefficient (Wildman–Crippen LogP) is 1.69. The van der Waals surface area contributed by atoms with E-state index in [0.29, 0.717) is 10.6 Å². The Morgan fingerprint density at radius 3 is 2.20 bits per heavy atom. The van der Waals surface area contributed by atoms with Crippen molar-refractivity contribution in [3.8, 4) is 0 Å². The second kappa shape index (κ2) is 4.34. The fraction of sp³-hybridized carbons (Fsp3) is 0.0714. The van der Waals surface area contributed by atoms with Gasteiger partial charge in [0.1, 0.15) is 5.69 Å². The van der Waals surface area contributed by atoms with Crippen LogP contribution >= 0.6 is 0 Å². The Labute approximate surface area is 113 Å². The summed E-state index contributed by atoms with van der Waals surface area (Å²) in [5.74, 6) is -2.05.